The summed E-state index contributed by atoms with van der Waals surface area (Å²) in [7, 11) is 0. The van der Waals surface area contributed by atoms with E-state index in [1.807, 2.05) is 0 Å². The first-order valence-corrected chi connectivity index (χ1v) is 10.4. The van der Waals surface area contributed by atoms with Gasteiger partial charge in [-0.2, -0.15) is 0 Å². The average molecular weight is 409 g/mol. The molecule has 7 nitrogen and oxygen atoms in total. The SMILES string of the molecule is CCN(CC)CCCNC(=O)COCC(=O)N1CCN(c2ccc(F)cc2)CC1. The molecular formula is C21H33FN4O3. The minimum atomic E-state index is -0.257. The van der Waals surface area contributed by atoms with Crippen molar-refractivity contribution in [2.75, 3.05) is 70.5 Å². The lowest BCUT2D eigenvalue weighted by Gasteiger charge is -2.36. The van der Waals surface area contributed by atoms with Gasteiger partial charge in [0.15, 0.2) is 0 Å². The summed E-state index contributed by atoms with van der Waals surface area (Å²) in [4.78, 5) is 30.2. The fourth-order valence-corrected chi connectivity index (χ4v) is 3.31. The Morgan fingerprint density at radius 2 is 1.72 bits per heavy atom. The van der Waals surface area contributed by atoms with Gasteiger partial charge in [0.05, 0.1) is 0 Å². The standard InChI is InChI=1S/C21H33FN4O3/c1-3-24(4-2)11-5-10-23-20(27)16-29-17-21(28)26-14-12-25(13-15-26)19-8-6-18(22)7-9-19/h6-9H,3-5,10-17H2,1-2H3,(H,23,27). The molecule has 29 heavy (non-hydrogen) atoms. The molecule has 0 unspecified atom stereocenters. The first-order chi connectivity index (χ1) is 14.0. The van der Waals surface area contributed by atoms with Crippen molar-refractivity contribution >= 4 is 17.5 Å². The number of piperazine rings is 1. The highest BCUT2D eigenvalue weighted by Crippen LogP contribution is 2.16. The highest BCUT2D eigenvalue weighted by molar-refractivity contribution is 5.79. The molecule has 1 aromatic carbocycles. The Morgan fingerprint density at radius 1 is 1.07 bits per heavy atom. The third-order valence-electron chi connectivity index (χ3n) is 5.15. The first-order valence-electron chi connectivity index (χ1n) is 10.4. The summed E-state index contributed by atoms with van der Waals surface area (Å²) in [5.74, 6) is -0.566. The van der Waals surface area contributed by atoms with Crippen LogP contribution in [0.25, 0.3) is 0 Å². The van der Waals surface area contributed by atoms with Gasteiger partial charge in [0.1, 0.15) is 19.0 Å². The van der Waals surface area contributed by atoms with Gasteiger partial charge in [-0.3, -0.25) is 9.59 Å². The van der Waals surface area contributed by atoms with Crippen molar-refractivity contribution in [3.8, 4) is 0 Å². The van der Waals surface area contributed by atoms with E-state index in [1.54, 1.807) is 17.0 Å². The number of hydrogen-bond acceptors (Lipinski definition) is 5. The molecule has 0 aromatic heterocycles. The van der Waals surface area contributed by atoms with Gasteiger partial charge >= 0.3 is 0 Å². The minimum Gasteiger partial charge on any atom is -0.368 e. The quantitative estimate of drug-likeness (QED) is 0.560. The molecule has 0 aliphatic carbocycles. The van der Waals surface area contributed by atoms with Crippen LogP contribution in [-0.4, -0.2) is 87.2 Å². The summed E-state index contributed by atoms with van der Waals surface area (Å²) in [6, 6.07) is 6.37. The zero-order valence-electron chi connectivity index (χ0n) is 17.5. The van der Waals surface area contributed by atoms with E-state index in [9.17, 15) is 14.0 Å². The lowest BCUT2D eigenvalue weighted by molar-refractivity contribution is -0.138. The maximum Gasteiger partial charge on any atom is 0.248 e. The average Bonchev–Trinajstić information content (AvgIpc) is 2.74. The summed E-state index contributed by atoms with van der Waals surface area (Å²) in [6.07, 6.45) is 0.894. The van der Waals surface area contributed by atoms with E-state index in [2.05, 4.69) is 29.0 Å². The molecule has 162 valence electrons. The number of amides is 2. The highest BCUT2D eigenvalue weighted by atomic mass is 19.1. The summed E-state index contributed by atoms with van der Waals surface area (Å²) in [6.45, 7) is 10.2. The van der Waals surface area contributed by atoms with Gasteiger partial charge in [-0.1, -0.05) is 13.8 Å². The molecule has 1 N–H and O–H groups in total. The van der Waals surface area contributed by atoms with Crippen molar-refractivity contribution in [1.29, 1.82) is 0 Å². The Bertz CT molecular complexity index is 629. The van der Waals surface area contributed by atoms with E-state index in [-0.39, 0.29) is 30.8 Å². The molecule has 8 heteroatoms. The molecule has 1 heterocycles. The van der Waals surface area contributed by atoms with Gasteiger partial charge in [0.2, 0.25) is 11.8 Å². The van der Waals surface area contributed by atoms with E-state index in [1.165, 1.54) is 12.1 Å². The van der Waals surface area contributed by atoms with Crippen LogP contribution < -0.4 is 10.2 Å². The van der Waals surface area contributed by atoms with E-state index < -0.39 is 0 Å². The predicted octanol–water partition coefficient (Wildman–Crippen LogP) is 1.34. The van der Waals surface area contributed by atoms with Gasteiger partial charge in [0, 0.05) is 38.4 Å². The predicted molar refractivity (Wildman–Crippen MR) is 111 cm³/mol. The number of rotatable bonds is 11. The molecule has 1 aliphatic heterocycles. The molecular weight excluding hydrogens is 375 g/mol. The van der Waals surface area contributed by atoms with Gasteiger partial charge < -0.3 is 24.8 Å². The molecule has 0 saturated carbocycles. The molecule has 0 atom stereocenters. The topological polar surface area (TPSA) is 65.1 Å². The molecule has 1 aliphatic rings. The van der Waals surface area contributed by atoms with Gasteiger partial charge in [-0.25, -0.2) is 4.39 Å². The second-order valence-corrected chi connectivity index (χ2v) is 7.07. The smallest absolute Gasteiger partial charge is 0.248 e. The van der Waals surface area contributed by atoms with Crippen molar-refractivity contribution in [1.82, 2.24) is 15.1 Å². The van der Waals surface area contributed by atoms with E-state index in [4.69, 9.17) is 4.74 Å². The molecule has 1 saturated heterocycles. The van der Waals surface area contributed by atoms with E-state index in [0.29, 0.717) is 32.7 Å². The van der Waals surface area contributed by atoms with Crippen LogP contribution in [0.1, 0.15) is 20.3 Å². The van der Waals surface area contributed by atoms with Crippen molar-refractivity contribution in [3.05, 3.63) is 30.1 Å². The number of carbonyl (C=O) groups is 2. The van der Waals surface area contributed by atoms with Crippen molar-refractivity contribution < 1.29 is 18.7 Å². The van der Waals surface area contributed by atoms with Crippen LogP contribution in [0.5, 0.6) is 0 Å². The van der Waals surface area contributed by atoms with Crippen LogP contribution >= 0.6 is 0 Å². The Morgan fingerprint density at radius 3 is 2.34 bits per heavy atom. The normalized spacial score (nSPS) is 14.3. The fourth-order valence-electron chi connectivity index (χ4n) is 3.31. The summed E-state index contributed by atoms with van der Waals surface area (Å²) in [5, 5.41) is 2.82. The molecule has 2 amide bonds. The molecule has 1 aromatic rings. The Balaban J connectivity index is 1.57. The number of nitrogens with one attached hydrogen (secondary N) is 1. The number of nitrogens with zero attached hydrogens (tertiary/aromatic N) is 3. The second kappa shape index (κ2) is 12.4. The van der Waals surface area contributed by atoms with Gasteiger partial charge in [-0.15, -0.1) is 0 Å². The van der Waals surface area contributed by atoms with Crippen LogP contribution in [0.2, 0.25) is 0 Å². The Kier molecular flexibility index (Phi) is 9.87. The van der Waals surface area contributed by atoms with Crippen LogP contribution in [-0.2, 0) is 14.3 Å². The zero-order chi connectivity index (χ0) is 21.1. The Labute approximate surface area is 172 Å². The maximum absolute atomic E-state index is 13.0. The van der Waals surface area contributed by atoms with Crippen LogP contribution in [0.3, 0.4) is 0 Å². The molecule has 2 rings (SSSR count). The lowest BCUT2D eigenvalue weighted by atomic mass is 10.2. The number of benzene rings is 1. The fraction of sp³-hybridized carbons (Fsp3) is 0.619. The molecule has 1 fully saturated rings. The largest absolute Gasteiger partial charge is 0.368 e. The van der Waals surface area contributed by atoms with Crippen molar-refractivity contribution in [2.24, 2.45) is 0 Å². The van der Waals surface area contributed by atoms with Gasteiger partial charge in [0.25, 0.3) is 0 Å². The lowest BCUT2D eigenvalue weighted by Crippen LogP contribution is -2.50. The molecule has 0 spiro atoms. The van der Waals surface area contributed by atoms with E-state index >= 15 is 0 Å². The number of hydrogen-bond donors (Lipinski definition) is 1. The monoisotopic (exact) mass is 408 g/mol. The summed E-state index contributed by atoms with van der Waals surface area (Å²) < 4.78 is 18.3. The van der Waals surface area contributed by atoms with Crippen molar-refractivity contribution in [3.63, 3.8) is 0 Å². The number of anilines is 1. The van der Waals surface area contributed by atoms with Crippen LogP contribution in [0.15, 0.2) is 24.3 Å². The van der Waals surface area contributed by atoms with Crippen LogP contribution in [0, 0.1) is 5.82 Å². The maximum atomic E-state index is 13.0. The number of ether oxygens (including phenoxy) is 1. The Hall–Kier alpha value is -2.19. The number of carbonyl (C=O) groups excluding carboxylic acids is 2. The first kappa shape index (κ1) is 23.1. The zero-order valence-corrected chi connectivity index (χ0v) is 17.5. The summed E-state index contributed by atoms with van der Waals surface area (Å²) in [5.41, 5.74) is 0.951. The molecule has 0 bridgehead atoms. The minimum absolute atomic E-state index is 0.0938. The third-order valence-corrected chi connectivity index (χ3v) is 5.15. The van der Waals surface area contributed by atoms with E-state index in [0.717, 1.165) is 31.7 Å². The second-order valence-electron chi connectivity index (χ2n) is 7.07. The highest BCUT2D eigenvalue weighted by Gasteiger charge is 2.21. The third kappa shape index (κ3) is 7.98. The van der Waals surface area contributed by atoms with Crippen molar-refractivity contribution in [2.45, 2.75) is 20.3 Å². The molecule has 0 radical (unpaired) electrons. The van der Waals surface area contributed by atoms with Crippen LogP contribution in [0.4, 0.5) is 10.1 Å². The number of halogens is 1. The summed E-state index contributed by atoms with van der Waals surface area (Å²) >= 11 is 0. The van der Waals surface area contributed by atoms with Gasteiger partial charge in [-0.05, 0) is 50.3 Å².